The van der Waals surface area contributed by atoms with Crippen molar-refractivity contribution >= 4 is 22.6 Å². The van der Waals surface area contributed by atoms with Crippen LogP contribution >= 0.6 is 22.6 Å². The van der Waals surface area contributed by atoms with E-state index in [1.807, 2.05) is 27.7 Å². The molecule has 0 aromatic rings. The molecule has 2 aliphatic heterocycles. The lowest BCUT2D eigenvalue weighted by Gasteiger charge is -2.34. The number of ether oxygens (including phenoxy) is 4. The Morgan fingerprint density at radius 3 is 1.50 bits per heavy atom. The molecule has 2 saturated heterocycles. The summed E-state index contributed by atoms with van der Waals surface area (Å²) in [5.41, 5.74) is 0. The lowest BCUT2D eigenvalue weighted by atomic mass is 10.1. The highest BCUT2D eigenvalue weighted by Crippen LogP contribution is 2.21. The van der Waals surface area contributed by atoms with E-state index in [1.165, 1.54) is 0 Å². The maximum absolute atomic E-state index is 8.70. The van der Waals surface area contributed by atoms with Crippen LogP contribution in [-0.4, -0.2) is 54.1 Å². The largest absolute Gasteiger partial charge is 0.396 e. The molecule has 6 heteroatoms. The number of hydrogen-bond donors (Lipinski definition) is 1. The molecule has 0 spiro atoms. The molecule has 2 fully saturated rings. The zero-order valence-corrected chi connectivity index (χ0v) is 15.0. The van der Waals surface area contributed by atoms with Crippen LogP contribution in [0, 0.1) is 11.8 Å². The van der Waals surface area contributed by atoms with Crippen molar-refractivity contribution in [3.8, 4) is 0 Å². The van der Waals surface area contributed by atoms with Crippen LogP contribution in [0.1, 0.15) is 27.7 Å². The molecular weight excluding hydrogens is 375 g/mol. The summed E-state index contributed by atoms with van der Waals surface area (Å²) in [6.07, 6.45) is 0. The first-order valence-electron chi connectivity index (χ1n) is 7.00. The topological polar surface area (TPSA) is 57.2 Å². The summed E-state index contributed by atoms with van der Waals surface area (Å²) in [6, 6.07) is 0. The number of aliphatic hydroxyl groups excluding tert-OH is 1. The smallest absolute Gasteiger partial charge is 0.162 e. The number of alkyl halides is 1. The highest BCUT2D eigenvalue weighted by atomic mass is 127. The third-order valence-electron chi connectivity index (χ3n) is 3.14. The highest BCUT2D eigenvalue weighted by molar-refractivity contribution is 14.1. The number of aliphatic hydroxyl groups is 1. The molecule has 2 rings (SSSR count). The average Bonchev–Trinajstić information content (AvgIpc) is 2.40. The van der Waals surface area contributed by atoms with Gasteiger partial charge >= 0.3 is 0 Å². The zero-order chi connectivity index (χ0) is 15.2. The molecule has 0 unspecified atom stereocenters. The molecule has 1 N–H and O–H groups in total. The maximum atomic E-state index is 8.70. The fraction of sp³-hybridized carbons (Fsp3) is 1.00. The van der Waals surface area contributed by atoms with Gasteiger partial charge < -0.3 is 24.1 Å². The molecule has 0 bridgehead atoms. The van der Waals surface area contributed by atoms with Gasteiger partial charge in [0.1, 0.15) is 0 Å². The molecule has 2 aliphatic rings. The molecule has 0 radical (unpaired) electrons. The molecule has 2 heterocycles. The first kappa shape index (κ1) is 18.6. The van der Waals surface area contributed by atoms with E-state index in [1.54, 1.807) is 0 Å². The molecular formula is C14H27IO5. The molecule has 0 aromatic heterocycles. The van der Waals surface area contributed by atoms with Gasteiger partial charge in [0.05, 0.1) is 33.0 Å². The summed E-state index contributed by atoms with van der Waals surface area (Å²) in [4.78, 5) is 0. The van der Waals surface area contributed by atoms with Crippen molar-refractivity contribution in [3.63, 3.8) is 0 Å². The third-order valence-corrected chi connectivity index (χ3v) is 4.39. The molecule has 0 saturated carbocycles. The van der Waals surface area contributed by atoms with Crippen LogP contribution in [0.25, 0.3) is 0 Å². The van der Waals surface area contributed by atoms with E-state index in [0.29, 0.717) is 19.1 Å². The van der Waals surface area contributed by atoms with Gasteiger partial charge in [-0.15, -0.1) is 0 Å². The van der Waals surface area contributed by atoms with Crippen molar-refractivity contribution in [1.82, 2.24) is 0 Å². The zero-order valence-electron chi connectivity index (χ0n) is 12.9. The van der Waals surface area contributed by atoms with Crippen LogP contribution in [0.5, 0.6) is 0 Å². The summed E-state index contributed by atoms with van der Waals surface area (Å²) in [6.45, 7) is 10.7. The summed E-state index contributed by atoms with van der Waals surface area (Å²) >= 11 is 2.36. The fourth-order valence-corrected chi connectivity index (χ4v) is 2.16. The minimum Gasteiger partial charge on any atom is -0.396 e. The van der Waals surface area contributed by atoms with E-state index in [4.69, 9.17) is 24.1 Å². The van der Waals surface area contributed by atoms with Crippen LogP contribution in [-0.2, 0) is 18.9 Å². The average molecular weight is 402 g/mol. The van der Waals surface area contributed by atoms with E-state index in [2.05, 4.69) is 22.6 Å². The monoisotopic (exact) mass is 402 g/mol. The van der Waals surface area contributed by atoms with Crippen molar-refractivity contribution in [2.24, 2.45) is 11.8 Å². The van der Waals surface area contributed by atoms with Crippen molar-refractivity contribution < 1.29 is 24.1 Å². The summed E-state index contributed by atoms with van der Waals surface area (Å²) in [7, 11) is 0. The highest BCUT2D eigenvalue weighted by Gasteiger charge is 2.28. The Kier molecular flexibility index (Phi) is 7.65. The van der Waals surface area contributed by atoms with Crippen LogP contribution in [0.3, 0.4) is 0 Å². The van der Waals surface area contributed by atoms with Gasteiger partial charge in [-0.2, -0.15) is 0 Å². The summed E-state index contributed by atoms with van der Waals surface area (Å²) in [5.74, 6) is -0.0461. The minimum atomic E-state index is -0.453. The van der Waals surface area contributed by atoms with Gasteiger partial charge in [0.2, 0.25) is 0 Å². The maximum Gasteiger partial charge on any atom is 0.162 e. The second-order valence-corrected chi connectivity index (χ2v) is 6.99. The Bertz CT molecular complexity index is 235. The number of rotatable bonds is 2. The molecule has 0 aliphatic carbocycles. The normalized spacial score (nSPS) is 26.7. The molecule has 0 atom stereocenters. The second kappa shape index (κ2) is 8.24. The Morgan fingerprint density at radius 1 is 0.850 bits per heavy atom. The van der Waals surface area contributed by atoms with Crippen molar-refractivity contribution in [3.05, 3.63) is 0 Å². The Labute approximate surface area is 135 Å². The fourth-order valence-electron chi connectivity index (χ4n) is 1.65. The molecule has 20 heavy (non-hydrogen) atoms. The van der Waals surface area contributed by atoms with E-state index in [-0.39, 0.29) is 18.3 Å². The van der Waals surface area contributed by atoms with Gasteiger partial charge in [0.25, 0.3) is 0 Å². The van der Waals surface area contributed by atoms with E-state index >= 15 is 0 Å². The first-order valence-corrected chi connectivity index (χ1v) is 8.53. The van der Waals surface area contributed by atoms with E-state index in [9.17, 15) is 0 Å². The second-order valence-electron chi connectivity index (χ2n) is 6.11. The summed E-state index contributed by atoms with van der Waals surface area (Å²) in [5, 5.41) is 8.70. The molecule has 0 aromatic carbocycles. The van der Waals surface area contributed by atoms with E-state index in [0.717, 1.165) is 17.6 Å². The van der Waals surface area contributed by atoms with Gasteiger partial charge in [-0.3, -0.25) is 0 Å². The molecule has 120 valence electrons. The van der Waals surface area contributed by atoms with Crippen LogP contribution in [0.4, 0.5) is 0 Å². The van der Waals surface area contributed by atoms with Gasteiger partial charge in [-0.1, -0.05) is 22.6 Å². The van der Waals surface area contributed by atoms with Crippen LogP contribution in [0.2, 0.25) is 0 Å². The summed E-state index contributed by atoms with van der Waals surface area (Å²) < 4.78 is 22.6. The van der Waals surface area contributed by atoms with Crippen LogP contribution in [0.15, 0.2) is 0 Å². The van der Waals surface area contributed by atoms with Gasteiger partial charge in [-0.25, -0.2) is 0 Å². The van der Waals surface area contributed by atoms with Gasteiger partial charge in [-0.05, 0) is 27.7 Å². The third kappa shape index (κ3) is 7.00. The quantitative estimate of drug-likeness (QED) is 0.567. The predicted octanol–water partition coefficient (Wildman–Crippen LogP) is 2.20. The Balaban J connectivity index is 0.000000200. The van der Waals surface area contributed by atoms with E-state index < -0.39 is 5.79 Å². The lowest BCUT2D eigenvalue weighted by molar-refractivity contribution is -0.265. The lowest BCUT2D eigenvalue weighted by Crippen LogP contribution is -2.40. The van der Waals surface area contributed by atoms with Gasteiger partial charge in [0, 0.05) is 16.3 Å². The standard InChI is InChI=1S/C7H13IO2.C7H14O3/c2*1-7(2)9-4-6(3-8)5-10-7/h6H,3-5H2,1-2H3;6,8H,3-5H2,1-2H3. The first-order chi connectivity index (χ1) is 9.28. The van der Waals surface area contributed by atoms with Crippen molar-refractivity contribution in [2.45, 2.75) is 39.3 Å². The van der Waals surface area contributed by atoms with Gasteiger partial charge in [0.15, 0.2) is 11.6 Å². The number of hydrogen-bond acceptors (Lipinski definition) is 5. The number of halogens is 1. The Morgan fingerprint density at radius 2 is 1.20 bits per heavy atom. The molecule has 5 nitrogen and oxygen atoms in total. The van der Waals surface area contributed by atoms with Crippen molar-refractivity contribution in [1.29, 1.82) is 0 Å². The predicted molar refractivity (Wildman–Crippen MR) is 84.9 cm³/mol. The Hall–Kier alpha value is 0.530. The SMILES string of the molecule is CC1(C)OCC(CI)CO1.CC1(C)OCC(CO)CO1. The van der Waals surface area contributed by atoms with Crippen LogP contribution < -0.4 is 0 Å². The molecule has 0 amide bonds. The minimum absolute atomic E-state index is 0.149. The van der Waals surface area contributed by atoms with Crippen molar-refractivity contribution in [2.75, 3.05) is 37.5 Å².